The van der Waals surface area contributed by atoms with E-state index in [0.717, 1.165) is 7.11 Å². The van der Waals surface area contributed by atoms with Gasteiger partial charge >= 0.3 is 11.9 Å². The highest BCUT2D eigenvalue weighted by atomic mass is 16.7. The second kappa shape index (κ2) is 11.2. The molecule has 0 bridgehead atoms. The molecule has 8 N–H and O–H groups in total. The summed E-state index contributed by atoms with van der Waals surface area (Å²) in [5, 5.41) is 86.3. The minimum atomic E-state index is -2.60. The number of carbonyl (C=O) groups is 2. The Morgan fingerprint density at radius 1 is 1.12 bits per heavy atom. The first-order chi connectivity index (χ1) is 19.1. The van der Waals surface area contributed by atoms with Crippen LogP contribution in [-0.2, 0) is 23.8 Å². The van der Waals surface area contributed by atoms with Crippen LogP contribution in [0.5, 0.6) is 0 Å². The summed E-state index contributed by atoms with van der Waals surface area (Å²) in [7, 11) is 1.08. The molecule has 2 saturated carbocycles. The molecule has 4 rings (SSSR count). The molecule has 3 aliphatic rings. The Kier molecular flexibility index (Phi) is 8.66. The minimum absolute atomic E-state index is 0.104. The van der Waals surface area contributed by atoms with Gasteiger partial charge in [-0.1, -0.05) is 13.8 Å². The monoisotopic (exact) mass is 588 g/mol. The standard InChI is InChI=1S/C27H40O14/c1-24(9-14(29)13-6-8-39-12-13)16-5-4-7-26(36,23(35)38-3)25(16,2)17(10-27(24,37)22(33)34)41-21-20(32)19(31)18(30)15(11-28)40-21/h6,8,12,14-21,28-32,36-37H,4-5,7,9-11H2,1-3H3,(H,33,34). The Morgan fingerprint density at radius 3 is 2.37 bits per heavy atom. The summed E-state index contributed by atoms with van der Waals surface area (Å²) in [6.07, 6.45) is -9.41. The van der Waals surface area contributed by atoms with Gasteiger partial charge in [-0.2, -0.15) is 0 Å². The fourth-order valence-electron chi connectivity index (χ4n) is 7.54. The van der Waals surface area contributed by atoms with Crippen molar-refractivity contribution in [3.05, 3.63) is 24.2 Å². The lowest BCUT2D eigenvalue weighted by molar-refractivity contribution is -0.355. The number of hydrogen-bond acceptors (Lipinski definition) is 13. The molecule has 2 aliphatic carbocycles. The van der Waals surface area contributed by atoms with E-state index in [-0.39, 0.29) is 25.7 Å². The maximum absolute atomic E-state index is 13.2. The molecule has 1 aliphatic heterocycles. The third-order valence-corrected chi connectivity index (χ3v) is 10.1. The summed E-state index contributed by atoms with van der Waals surface area (Å²) in [6, 6.07) is 1.49. The molecule has 0 spiro atoms. The molecule has 0 amide bonds. The van der Waals surface area contributed by atoms with Crippen LogP contribution in [0.25, 0.3) is 0 Å². The molecule has 3 fully saturated rings. The van der Waals surface area contributed by atoms with Crippen molar-refractivity contribution in [1.29, 1.82) is 0 Å². The number of aliphatic hydroxyl groups excluding tert-OH is 5. The number of aliphatic hydroxyl groups is 7. The summed E-state index contributed by atoms with van der Waals surface area (Å²) < 4.78 is 21.6. The fourth-order valence-corrected chi connectivity index (χ4v) is 7.54. The van der Waals surface area contributed by atoms with Crippen molar-refractivity contribution in [2.24, 2.45) is 16.7 Å². The molecule has 41 heavy (non-hydrogen) atoms. The summed E-state index contributed by atoms with van der Waals surface area (Å²) in [6.45, 7) is 2.21. The maximum Gasteiger partial charge on any atom is 0.338 e. The number of carboxylic acid groups (broad SMARTS) is 1. The van der Waals surface area contributed by atoms with Crippen LogP contribution in [0, 0.1) is 16.7 Å². The van der Waals surface area contributed by atoms with Crippen molar-refractivity contribution in [2.75, 3.05) is 13.7 Å². The second-order valence-electron chi connectivity index (χ2n) is 12.0. The van der Waals surface area contributed by atoms with Gasteiger partial charge in [-0.15, -0.1) is 0 Å². The number of carbonyl (C=O) groups excluding carboxylic acids is 1. The van der Waals surface area contributed by atoms with Crippen LogP contribution < -0.4 is 0 Å². The Bertz CT molecular complexity index is 1090. The molecule has 14 nitrogen and oxygen atoms in total. The molecule has 14 heteroatoms. The number of carboxylic acids is 1. The van der Waals surface area contributed by atoms with E-state index >= 15 is 0 Å². The van der Waals surface area contributed by atoms with Crippen molar-refractivity contribution in [1.82, 2.24) is 0 Å². The van der Waals surface area contributed by atoms with Crippen molar-refractivity contribution >= 4 is 11.9 Å². The quantitative estimate of drug-likeness (QED) is 0.167. The Balaban J connectivity index is 1.85. The van der Waals surface area contributed by atoms with Crippen molar-refractivity contribution in [2.45, 2.75) is 100 Å². The minimum Gasteiger partial charge on any atom is -0.479 e. The molecule has 1 aromatic heterocycles. The van der Waals surface area contributed by atoms with Gasteiger partial charge in [0.25, 0.3) is 0 Å². The molecule has 2 heterocycles. The Hall–Kier alpha value is -2.14. The summed E-state index contributed by atoms with van der Waals surface area (Å²) >= 11 is 0. The van der Waals surface area contributed by atoms with Gasteiger partial charge in [-0.3, -0.25) is 0 Å². The van der Waals surface area contributed by atoms with Crippen LogP contribution in [0.2, 0.25) is 0 Å². The first-order valence-corrected chi connectivity index (χ1v) is 13.5. The number of furan rings is 1. The highest BCUT2D eigenvalue weighted by Gasteiger charge is 2.75. The molecular formula is C27H40O14. The molecular weight excluding hydrogens is 548 g/mol. The van der Waals surface area contributed by atoms with Gasteiger partial charge in [0.15, 0.2) is 17.5 Å². The van der Waals surface area contributed by atoms with E-state index in [2.05, 4.69) is 0 Å². The number of hydrogen-bond donors (Lipinski definition) is 8. The van der Waals surface area contributed by atoms with Gasteiger partial charge in [0.05, 0.1) is 38.5 Å². The number of fused-ring (bicyclic) bond motifs is 1. The molecule has 232 valence electrons. The molecule has 1 saturated heterocycles. The Labute approximate surface area is 236 Å². The zero-order chi connectivity index (χ0) is 30.5. The zero-order valence-electron chi connectivity index (χ0n) is 23.1. The third-order valence-electron chi connectivity index (χ3n) is 10.1. The largest absolute Gasteiger partial charge is 0.479 e. The van der Waals surface area contributed by atoms with Gasteiger partial charge in [-0.05, 0) is 37.7 Å². The lowest BCUT2D eigenvalue weighted by Crippen LogP contribution is -2.76. The van der Waals surface area contributed by atoms with E-state index in [4.69, 9.17) is 18.6 Å². The van der Waals surface area contributed by atoms with Crippen molar-refractivity contribution in [3.8, 4) is 0 Å². The second-order valence-corrected chi connectivity index (χ2v) is 12.0. The maximum atomic E-state index is 13.2. The predicted molar refractivity (Wildman–Crippen MR) is 135 cm³/mol. The smallest absolute Gasteiger partial charge is 0.338 e. The lowest BCUT2D eigenvalue weighted by atomic mass is 9.40. The van der Waals surface area contributed by atoms with Crippen LogP contribution in [0.3, 0.4) is 0 Å². The highest BCUT2D eigenvalue weighted by molar-refractivity contribution is 5.82. The van der Waals surface area contributed by atoms with Gasteiger partial charge in [0, 0.05) is 22.8 Å². The summed E-state index contributed by atoms with van der Waals surface area (Å²) in [5.41, 5.74) is -7.93. The zero-order valence-corrected chi connectivity index (χ0v) is 23.1. The predicted octanol–water partition coefficient (Wildman–Crippen LogP) is -1.18. The number of esters is 1. The molecule has 1 aromatic rings. The molecule has 12 atom stereocenters. The van der Waals surface area contributed by atoms with E-state index in [0.29, 0.717) is 5.56 Å². The van der Waals surface area contributed by atoms with E-state index in [1.807, 2.05) is 0 Å². The molecule has 12 unspecified atom stereocenters. The lowest BCUT2D eigenvalue weighted by Gasteiger charge is -2.66. The first kappa shape index (κ1) is 31.8. The van der Waals surface area contributed by atoms with Crippen molar-refractivity contribution < 1.29 is 69.1 Å². The summed E-state index contributed by atoms with van der Waals surface area (Å²) in [4.78, 5) is 26.0. The SMILES string of the molecule is COC(=O)C1(O)CCCC2C(C)(CC(O)c3ccoc3)C(O)(C(=O)O)CC(OC3OC(CO)C(O)C(O)C3O)C21C. The molecule has 0 radical (unpaired) electrons. The third kappa shape index (κ3) is 4.69. The van der Waals surface area contributed by atoms with Gasteiger partial charge in [-0.25, -0.2) is 9.59 Å². The van der Waals surface area contributed by atoms with Crippen LogP contribution in [0.15, 0.2) is 23.0 Å². The van der Waals surface area contributed by atoms with Gasteiger partial charge in [0.2, 0.25) is 0 Å². The highest BCUT2D eigenvalue weighted by Crippen LogP contribution is 2.67. The average Bonchev–Trinajstić information content (AvgIpc) is 3.48. The average molecular weight is 589 g/mol. The number of ether oxygens (including phenoxy) is 3. The van der Waals surface area contributed by atoms with Crippen LogP contribution >= 0.6 is 0 Å². The normalized spacial score (nSPS) is 45.5. The number of rotatable bonds is 8. The molecule has 0 aromatic carbocycles. The Morgan fingerprint density at radius 2 is 1.80 bits per heavy atom. The van der Waals surface area contributed by atoms with Gasteiger partial charge < -0.3 is 59.5 Å². The number of aliphatic carboxylic acids is 1. The van der Waals surface area contributed by atoms with E-state index in [1.54, 1.807) is 0 Å². The topological polar surface area (TPSA) is 237 Å². The van der Waals surface area contributed by atoms with Crippen LogP contribution in [-0.4, -0.2) is 115 Å². The van der Waals surface area contributed by atoms with Gasteiger partial charge in [0.1, 0.15) is 24.4 Å². The van der Waals surface area contributed by atoms with Crippen LogP contribution in [0.4, 0.5) is 0 Å². The van der Waals surface area contributed by atoms with Crippen molar-refractivity contribution in [3.63, 3.8) is 0 Å². The fraction of sp³-hybridized carbons (Fsp3) is 0.778. The van der Waals surface area contributed by atoms with Crippen LogP contribution in [0.1, 0.15) is 57.6 Å². The van der Waals surface area contributed by atoms with E-state index in [9.17, 15) is 50.4 Å². The number of methoxy groups -OCH3 is 1. The summed E-state index contributed by atoms with van der Waals surface area (Å²) in [5.74, 6) is -3.67. The van der Waals surface area contributed by atoms with E-state index in [1.165, 1.54) is 32.4 Å². The van der Waals surface area contributed by atoms with E-state index < -0.39 is 95.8 Å². The first-order valence-electron chi connectivity index (χ1n) is 13.5.